The number of carbonyl (C=O) groups excluding carboxylic acids is 3. The number of carbonyl (C=O) groups is 3. The van der Waals surface area contributed by atoms with Gasteiger partial charge in [0.25, 0.3) is 0 Å². The van der Waals surface area contributed by atoms with E-state index in [0.29, 0.717) is 19.3 Å². The number of esters is 3. The maximum Gasteiger partial charge on any atom is 0.306 e. The van der Waals surface area contributed by atoms with E-state index in [1.807, 2.05) is 0 Å². The van der Waals surface area contributed by atoms with Crippen LogP contribution in [0, 0.1) is 0 Å². The van der Waals surface area contributed by atoms with E-state index in [1.54, 1.807) is 0 Å². The van der Waals surface area contributed by atoms with Gasteiger partial charge in [0.2, 0.25) is 0 Å². The molecule has 0 N–H and O–H groups in total. The Morgan fingerprint density at radius 2 is 0.700 bits per heavy atom. The van der Waals surface area contributed by atoms with Crippen molar-refractivity contribution in [1.82, 2.24) is 0 Å². The molecule has 0 aromatic heterocycles. The quantitative estimate of drug-likeness (QED) is 0.0200. The Bertz CT molecular complexity index is 1140. The molecular formula is C54H92O6. The summed E-state index contributed by atoms with van der Waals surface area (Å²) >= 11 is 0. The number of hydrogen-bond donors (Lipinski definition) is 0. The number of hydrogen-bond acceptors (Lipinski definition) is 6. The molecule has 60 heavy (non-hydrogen) atoms. The van der Waals surface area contributed by atoms with Crippen LogP contribution >= 0.6 is 0 Å². The Labute approximate surface area is 370 Å². The van der Waals surface area contributed by atoms with Crippen LogP contribution in [0.3, 0.4) is 0 Å². The number of allylic oxidation sites excluding steroid dienone is 12. The first-order valence-electron chi connectivity index (χ1n) is 25.0. The van der Waals surface area contributed by atoms with E-state index in [-0.39, 0.29) is 31.1 Å². The van der Waals surface area contributed by atoms with E-state index in [1.165, 1.54) is 89.9 Å². The van der Waals surface area contributed by atoms with Crippen LogP contribution in [0.15, 0.2) is 72.9 Å². The van der Waals surface area contributed by atoms with Crippen LogP contribution < -0.4 is 0 Å². The molecule has 0 saturated heterocycles. The van der Waals surface area contributed by atoms with Crippen LogP contribution in [-0.2, 0) is 28.6 Å². The van der Waals surface area contributed by atoms with Crippen molar-refractivity contribution in [1.29, 1.82) is 0 Å². The van der Waals surface area contributed by atoms with Gasteiger partial charge in [-0.15, -0.1) is 0 Å². The predicted molar refractivity (Wildman–Crippen MR) is 256 cm³/mol. The zero-order valence-corrected chi connectivity index (χ0v) is 39.2. The van der Waals surface area contributed by atoms with Gasteiger partial charge < -0.3 is 14.2 Å². The molecule has 344 valence electrons. The summed E-state index contributed by atoms with van der Waals surface area (Å²) in [6.45, 7) is 6.43. The topological polar surface area (TPSA) is 78.9 Å². The molecule has 0 saturated carbocycles. The van der Waals surface area contributed by atoms with Crippen molar-refractivity contribution >= 4 is 17.9 Å². The van der Waals surface area contributed by atoms with Gasteiger partial charge >= 0.3 is 17.9 Å². The number of rotatable bonds is 44. The highest BCUT2D eigenvalue weighted by molar-refractivity contribution is 5.71. The fourth-order valence-electron chi connectivity index (χ4n) is 6.68. The molecule has 0 aliphatic carbocycles. The van der Waals surface area contributed by atoms with Crippen LogP contribution in [0.5, 0.6) is 0 Å². The molecule has 0 heterocycles. The van der Waals surface area contributed by atoms with E-state index in [4.69, 9.17) is 14.2 Å². The standard InChI is InChI=1S/C54H92O6/c1-4-7-10-13-16-19-22-25-27-28-30-32-35-38-41-44-47-53(56)59-50-51(49-58-52(55)46-43-40-37-34-31-24-21-18-15-12-9-6-3)60-54(57)48-45-42-39-36-33-29-26-23-20-17-14-11-8-5-2/h9,12,18,21,27-34,51H,4-8,10-11,13-17,19-20,22-26,35-50H2,1-3H3/b12-9-,21-18-,28-27-,32-30-,33-29-,34-31-. The monoisotopic (exact) mass is 837 g/mol. The Kier molecular flexibility index (Phi) is 46.0. The third-order valence-corrected chi connectivity index (χ3v) is 10.4. The number of ether oxygens (including phenoxy) is 3. The van der Waals surface area contributed by atoms with E-state index >= 15 is 0 Å². The molecule has 0 amide bonds. The fraction of sp³-hybridized carbons (Fsp3) is 0.722. The molecular weight excluding hydrogens is 745 g/mol. The summed E-state index contributed by atoms with van der Waals surface area (Å²) in [5, 5.41) is 0. The largest absolute Gasteiger partial charge is 0.462 e. The first-order valence-corrected chi connectivity index (χ1v) is 25.0. The molecule has 6 heteroatoms. The van der Waals surface area contributed by atoms with E-state index in [9.17, 15) is 14.4 Å². The predicted octanol–water partition coefficient (Wildman–Crippen LogP) is 16.3. The molecule has 0 fully saturated rings. The Balaban J connectivity index is 4.49. The van der Waals surface area contributed by atoms with Crippen LogP contribution in [0.4, 0.5) is 0 Å². The molecule has 0 rings (SSSR count). The van der Waals surface area contributed by atoms with Crippen molar-refractivity contribution in [2.24, 2.45) is 0 Å². The lowest BCUT2D eigenvalue weighted by atomic mass is 10.1. The third-order valence-electron chi connectivity index (χ3n) is 10.4. The van der Waals surface area contributed by atoms with Gasteiger partial charge in [-0.25, -0.2) is 0 Å². The molecule has 0 aromatic rings. The minimum atomic E-state index is -0.808. The van der Waals surface area contributed by atoms with Crippen molar-refractivity contribution in [3.05, 3.63) is 72.9 Å². The lowest BCUT2D eigenvalue weighted by Crippen LogP contribution is -2.30. The summed E-state index contributed by atoms with van der Waals surface area (Å²) in [6.07, 6.45) is 60.3. The molecule has 6 nitrogen and oxygen atoms in total. The highest BCUT2D eigenvalue weighted by Crippen LogP contribution is 2.13. The third kappa shape index (κ3) is 45.9. The van der Waals surface area contributed by atoms with Gasteiger partial charge in [-0.2, -0.15) is 0 Å². The van der Waals surface area contributed by atoms with E-state index in [2.05, 4.69) is 93.7 Å². The van der Waals surface area contributed by atoms with Gasteiger partial charge in [-0.05, 0) is 103 Å². The van der Waals surface area contributed by atoms with Crippen LogP contribution in [0.1, 0.15) is 233 Å². The molecule has 0 bridgehead atoms. The maximum absolute atomic E-state index is 12.8. The van der Waals surface area contributed by atoms with Crippen molar-refractivity contribution < 1.29 is 28.6 Å². The minimum absolute atomic E-state index is 0.108. The van der Waals surface area contributed by atoms with Crippen molar-refractivity contribution in [3.8, 4) is 0 Å². The molecule has 0 aliphatic rings. The van der Waals surface area contributed by atoms with Crippen molar-refractivity contribution in [2.75, 3.05) is 13.2 Å². The summed E-state index contributed by atoms with van der Waals surface area (Å²) in [6, 6.07) is 0. The zero-order valence-electron chi connectivity index (χ0n) is 39.2. The highest BCUT2D eigenvalue weighted by atomic mass is 16.6. The summed E-state index contributed by atoms with van der Waals surface area (Å²) in [5.74, 6) is -0.989. The summed E-state index contributed by atoms with van der Waals surface area (Å²) in [7, 11) is 0. The van der Waals surface area contributed by atoms with Crippen molar-refractivity contribution in [2.45, 2.75) is 239 Å². The second kappa shape index (κ2) is 48.5. The van der Waals surface area contributed by atoms with Crippen LogP contribution in [-0.4, -0.2) is 37.2 Å². The van der Waals surface area contributed by atoms with Crippen LogP contribution in [0.2, 0.25) is 0 Å². The summed E-state index contributed by atoms with van der Waals surface area (Å²) < 4.78 is 16.7. The highest BCUT2D eigenvalue weighted by Gasteiger charge is 2.19. The van der Waals surface area contributed by atoms with E-state index < -0.39 is 6.10 Å². The Morgan fingerprint density at radius 1 is 0.367 bits per heavy atom. The number of unbranched alkanes of at least 4 members (excludes halogenated alkanes) is 22. The van der Waals surface area contributed by atoms with Gasteiger partial charge in [0.05, 0.1) is 0 Å². The van der Waals surface area contributed by atoms with Gasteiger partial charge in [0.15, 0.2) is 6.10 Å². The molecule has 0 aromatic carbocycles. The normalized spacial score (nSPS) is 12.7. The average Bonchev–Trinajstić information content (AvgIpc) is 3.24. The molecule has 1 unspecified atom stereocenters. The molecule has 0 radical (unpaired) electrons. The van der Waals surface area contributed by atoms with E-state index in [0.717, 1.165) is 103 Å². The van der Waals surface area contributed by atoms with Gasteiger partial charge in [0, 0.05) is 19.3 Å². The van der Waals surface area contributed by atoms with Gasteiger partial charge in [0.1, 0.15) is 13.2 Å². The fourth-order valence-corrected chi connectivity index (χ4v) is 6.68. The molecule has 0 aliphatic heterocycles. The van der Waals surface area contributed by atoms with Crippen molar-refractivity contribution in [3.63, 3.8) is 0 Å². The van der Waals surface area contributed by atoms with Gasteiger partial charge in [-0.3, -0.25) is 14.4 Å². The Morgan fingerprint density at radius 3 is 1.17 bits per heavy atom. The van der Waals surface area contributed by atoms with Gasteiger partial charge in [-0.1, -0.05) is 184 Å². The average molecular weight is 837 g/mol. The molecule has 0 spiro atoms. The molecule has 1 atom stereocenters. The minimum Gasteiger partial charge on any atom is -0.462 e. The lowest BCUT2D eigenvalue weighted by molar-refractivity contribution is -0.167. The maximum atomic E-state index is 12.8. The first kappa shape index (κ1) is 56.9. The SMILES string of the molecule is CC/C=C\C/C=C\C/C=C\CCCCC(=O)OCC(COC(=O)CCCCC/C=C\C=C/CCCCCCCCC)OC(=O)CCCCC/C=C\CCCCCCCCC. The summed E-state index contributed by atoms with van der Waals surface area (Å²) in [4.78, 5) is 37.9. The smallest absolute Gasteiger partial charge is 0.306 e. The second-order valence-electron chi connectivity index (χ2n) is 16.4. The first-order chi connectivity index (χ1) is 29.5. The lowest BCUT2D eigenvalue weighted by Gasteiger charge is -2.18. The zero-order chi connectivity index (χ0) is 43.7. The Hall–Kier alpha value is -3.15. The second-order valence-corrected chi connectivity index (χ2v) is 16.4. The summed E-state index contributed by atoms with van der Waals surface area (Å²) in [5.41, 5.74) is 0. The van der Waals surface area contributed by atoms with Crippen LogP contribution in [0.25, 0.3) is 0 Å².